The summed E-state index contributed by atoms with van der Waals surface area (Å²) in [7, 11) is 0. The van der Waals surface area contributed by atoms with Crippen LogP contribution in [0.2, 0.25) is 0 Å². The van der Waals surface area contributed by atoms with Gasteiger partial charge in [-0.3, -0.25) is 4.90 Å². The second-order valence-electron chi connectivity index (χ2n) is 4.86. The largest absolute Gasteiger partial charge is 0.475 e. The summed E-state index contributed by atoms with van der Waals surface area (Å²) in [4.78, 5) is 6.81. The maximum absolute atomic E-state index is 5.54. The molecule has 0 amide bonds. The van der Waals surface area contributed by atoms with E-state index >= 15 is 0 Å². The summed E-state index contributed by atoms with van der Waals surface area (Å²) in [6.07, 6.45) is 2.11. The SMILES string of the molecule is CC(C)Oc1ccc(CN2CCN(I)CC2)cn1. The normalized spacial score (nSPS) is 18.2. The van der Waals surface area contributed by atoms with E-state index in [1.807, 2.05) is 26.1 Å². The van der Waals surface area contributed by atoms with Crippen molar-refractivity contribution in [3.8, 4) is 5.88 Å². The summed E-state index contributed by atoms with van der Waals surface area (Å²) in [5.74, 6) is 0.714. The van der Waals surface area contributed by atoms with Crippen LogP contribution in [0.25, 0.3) is 0 Å². The minimum absolute atomic E-state index is 0.181. The van der Waals surface area contributed by atoms with Crippen molar-refractivity contribution in [2.45, 2.75) is 26.5 Å². The highest BCUT2D eigenvalue weighted by Crippen LogP contribution is 2.13. The summed E-state index contributed by atoms with van der Waals surface area (Å²) in [5, 5.41) is 0. The molecule has 0 radical (unpaired) electrons. The van der Waals surface area contributed by atoms with Gasteiger partial charge < -0.3 is 4.74 Å². The number of rotatable bonds is 4. The van der Waals surface area contributed by atoms with Gasteiger partial charge in [0.1, 0.15) is 0 Å². The number of ether oxygens (including phenoxy) is 1. The molecule has 0 bridgehead atoms. The molecule has 2 heterocycles. The third-order valence-electron chi connectivity index (χ3n) is 2.88. The lowest BCUT2D eigenvalue weighted by Gasteiger charge is -2.31. The van der Waals surface area contributed by atoms with E-state index in [1.165, 1.54) is 5.56 Å². The van der Waals surface area contributed by atoms with E-state index in [0.717, 1.165) is 32.7 Å². The van der Waals surface area contributed by atoms with Crippen LogP contribution in [-0.2, 0) is 6.54 Å². The number of nitrogens with zero attached hydrogens (tertiary/aromatic N) is 3. The van der Waals surface area contributed by atoms with Crippen molar-refractivity contribution >= 4 is 22.9 Å². The van der Waals surface area contributed by atoms with Crippen molar-refractivity contribution in [2.24, 2.45) is 0 Å². The average Bonchev–Trinajstić information content (AvgIpc) is 2.34. The Morgan fingerprint density at radius 2 is 2.00 bits per heavy atom. The van der Waals surface area contributed by atoms with Gasteiger partial charge in [-0.25, -0.2) is 8.10 Å². The van der Waals surface area contributed by atoms with Crippen molar-refractivity contribution in [1.29, 1.82) is 0 Å². The van der Waals surface area contributed by atoms with E-state index in [9.17, 15) is 0 Å². The number of halogens is 1. The van der Waals surface area contributed by atoms with E-state index in [4.69, 9.17) is 4.74 Å². The third kappa shape index (κ3) is 4.37. The molecule has 0 saturated carbocycles. The maximum atomic E-state index is 5.54. The van der Waals surface area contributed by atoms with Crippen LogP contribution in [0.3, 0.4) is 0 Å². The number of hydrogen-bond donors (Lipinski definition) is 0. The molecular formula is C13H20IN3O. The molecule has 1 saturated heterocycles. The first kappa shape index (κ1) is 14.0. The zero-order chi connectivity index (χ0) is 13.0. The Balaban J connectivity index is 1.86. The lowest BCUT2D eigenvalue weighted by molar-refractivity contribution is 0.198. The Morgan fingerprint density at radius 3 is 2.56 bits per heavy atom. The van der Waals surface area contributed by atoms with Crippen LogP contribution in [-0.4, -0.2) is 45.3 Å². The fourth-order valence-corrected chi connectivity index (χ4v) is 2.39. The minimum Gasteiger partial charge on any atom is -0.475 e. The molecule has 0 unspecified atom stereocenters. The first-order valence-corrected chi connectivity index (χ1v) is 7.34. The van der Waals surface area contributed by atoms with Crippen molar-refractivity contribution in [1.82, 2.24) is 13.0 Å². The molecule has 4 nitrogen and oxygen atoms in total. The van der Waals surface area contributed by atoms with Crippen LogP contribution in [0.15, 0.2) is 18.3 Å². The van der Waals surface area contributed by atoms with Gasteiger partial charge >= 0.3 is 0 Å². The molecular weight excluding hydrogens is 341 g/mol. The molecule has 2 rings (SSSR count). The molecule has 1 fully saturated rings. The van der Waals surface area contributed by atoms with Crippen molar-refractivity contribution in [3.63, 3.8) is 0 Å². The molecule has 0 atom stereocenters. The van der Waals surface area contributed by atoms with E-state index in [0.29, 0.717) is 5.88 Å². The standard InChI is InChI=1S/C13H20IN3O/c1-11(2)18-13-4-3-12(9-15-13)10-16-5-7-17(14)8-6-16/h3-4,9,11H,5-8,10H2,1-2H3. The summed E-state index contributed by atoms with van der Waals surface area (Å²) in [6.45, 7) is 9.56. The first-order valence-electron chi connectivity index (χ1n) is 6.38. The lowest BCUT2D eigenvalue weighted by Crippen LogP contribution is -2.41. The topological polar surface area (TPSA) is 28.6 Å². The number of pyridine rings is 1. The van der Waals surface area contributed by atoms with Crippen molar-refractivity contribution in [2.75, 3.05) is 26.2 Å². The fourth-order valence-electron chi connectivity index (χ4n) is 1.96. The number of piperazine rings is 1. The Morgan fingerprint density at radius 1 is 1.28 bits per heavy atom. The monoisotopic (exact) mass is 361 g/mol. The van der Waals surface area contributed by atoms with E-state index < -0.39 is 0 Å². The Bertz CT molecular complexity index is 361. The Kier molecular flexibility index (Phi) is 5.20. The zero-order valence-electron chi connectivity index (χ0n) is 11.0. The minimum atomic E-state index is 0.181. The molecule has 0 aromatic carbocycles. The summed E-state index contributed by atoms with van der Waals surface area (Å²) in [6, 6.07) is 4.07. The Hall–Kier alpha value is -0.400. The molecule has 18 heavy (non-hydrogen) atoms. The van der Waals surface area contributed by atoms with E-state index in [1.54, 1.807) is 0 Å². The summed E-state index contributed by atoms with van der Waals surface area (Å²) >= 11 is 2.39. The van der Waals surface area contributed by atoms with Gasteiger partial charge in [0.2, 0.25) is 5.88 Å². The molecule has 5 heteroatoms. The van der Waals surface area contributed by atoms with Gasteiger partial charge in [0.25, 0.3) is 0 Å². The molecule has 0 aliphatic carbocycles. The summed E-state index contributed by atoms with van der Waals surface area (Å²) in [5.41, 5.74) is 1.26. The van der Waals surface area contributed by atoms with Gasteiger partial charge in [-0.2, -0.15) is 0 Å². The molecule has 1 aliphatic rings. The smallest absolute Gasteiger partial charge is 0.213 e. The molecule has 1 aromatic heterocycles. The van der Waals surface area contributed by atoms with Gasteiger partial charge in [0.05, 0.1) is 6.10 Å². The lowest BCUT2D eigenvalue weighted by atomic mass is 10.2. The van der Waals surface area contributed by atoms with Gasteiger partial charge in [0, 0.05) is 67.9 Å². The molecule has 1 aromatic rings. The van der Waals surface area contributed by atoms with Gasteiger partial charge in [-0.15, -0.1) is 0 Å². The Labute approximate surface area is 123 Å². The van der Waals surface area contributed by atoms with Crippen LogP contribution < -0.4 is 4.74 Å². The van der Waals surface area contributed by atoms with Crippen LogP contribution in [0, 0.1) is 0 Å². The average molecular weight is 361 g/mol. The third-order valence-corrected chi connectivity index (χ3v) is 3.84. The molecule has 1 aliphatic heterocycles. The van der Waals surface area contributed by atoms with E-state index in [-0.39, 0.29) is 6.10 Å². The molecule has 0 spiro atoms. The predicted octanol–water partition coefficient (Wildman–Crippen LogP) is 2.34. The van der Waals surface area contributed by atoms with Gasteiger partial charge in [-0.1, -0.05) is 6.07 Å². The van der Waals surface area contributed by atoms with Crippen molar-refractivity contribution in [3.05, 3.63) is 23.9 Å². The molecule has 0 N–H and O–H groups in total. The van der Waals surface area contributed by atoms with Crippen LogP contribution in [0.4, 0.5) is 0 Å². The second kappa shape index (κ2) is 6.68. The maximum Gasteiger partial charge on any atom is 0.213 e. The van der Waals surface area contributed by atoms with Crippen LogP contribution in [0.5, 0.6) is 5.88 Å². The van der Waals surface area contributed by atoms with E-state index in [2.05, 4.69) is 41.9 Å². The predicted molar refractivity (Wildman–Crippen MR) is 80.9 cm³/mol. The quantitative estimate of drug-likeness (QED) is 0.608. The number of hydrogen-bond acceptors (Lipinski definition) is 4. The number of aromatic nitrogens is 1. The van der Waals surface area contributed by atoms with Gasteiger partial charge in [-0.05, 0) is 19.4 Å². The highest BCUT2D eigenvalue weighted by atomic mass is 127. The van der Waals surface area contributed by atoms with Crippen LogP contribution in [0.1, 0.15) is 19.4 Å². The fraction of sp³-hybridized carbons (Fsp3) is 0.615. The first-order chi connectivity index (χ1) is 8.63. The zero-order valence-corrected chi connectivity index (χ0v) is 13.1. The second-order valence-corrected chi connectivity index (χ2v) is 6.22. The van der Waals surface area contributed by atoms with Crippen LogP contribution >= 0.6 is 22.9 Å². The molecule has 100 valence electrons. The van der Waals surface area contributed by atoms with Gasteiger partial charge in [0.15, 0.2) is 0 Å². The highest BCUT2D eigenvalue weighted by molar-refractivity contribution is 14.1. The van der Waals surface area contributed by atoms with Crippen molar-refractivity contribution < 1.29 is 4.74 Å². The highest BCUT2D eigenvalue weighted by Gasteiger charge is 2.14. The summed E-state index contributed by atoms with van der Waals surface area (Å²) < 4.78 is 7.88.